The molecule has 0 heterocycles. The van der Waals surface area contributed by atoms with Gasteiger partial charge in [0.25, 0.3) is 0 Å². The first-order valence-electron chi connectivity index (χ1n) is 2.94. The lowest BCUT2D eigenvalue weighted by molar-refractivity contribution is 0.112. The third kappa shape index (κ3) is 2.13. The Bertz CT molecular complexity index is 268. The van der Waals surface area contributed by atoms with Gasteiger partial charge in [-0.25, -0.2) is 0 Å². The highest BCUT2D eigenvalue weighted by molar-refractivity contribution is 6.14. The Morgan fingerprint density at radius 1 is 1.27 bits per heavy atom. The third-order valence-electron chi connectivity index (χ3n) is 1.18. The first-order valence-corrected chi connectivity index (χ1v) is 3.28. The molecular formula is C7H5ClN2O. The second kappa shape index (κ2) is 3.83. The number of nitrogens with zero attached hydrogens (tertiary/aromatic N) is 2. The Morgan fingerprint density at radius 2 is 1.91 bits per heavy atom. The lowest BCUT2D eigenvalue weighted by Gasteiger charge is -1.89. The lowest BCUT2D eigenvalue weighted by Crippen LogP contribution is -1.74. The van der Waals surface area contributed by atoms with E-state index in [1.165, 1.54) is 0 Å². The van der Waals surface area contributed by atoms with Gasteiger partial charge in [-0.3, -0.25) is 4.79 Å². The summed E-state index contributed by atoms with van der Waals surface area (Å²) in [5.74, 6) is 0. The molecule has 0 fully saturated rings. The molecule has 4 heteroatoms. The number of hydrogen-bond donors (Lipinski definition) is 0. The molecule has 0 aliphatic heterocycles. The van der Waals surface area contributed by atoms with Gasteiger partial charge in [-0.1, -0.05) is 4.63 Å². The summed E-state index contributed by atoms with van der Waals surface area (Å²) < 4.78 is 3.07. The Balaban J connectivity index is 2.91. The van der Waals surface area contributed by atoms with Gasteiger partial charge in [0.15, 0.2) is 0 Å². The molecule has 11 heavy (non-hydrogen) atoms. The molecule has 0 atom stereocenters. The molecule has 0 N–H and O–H groups in total. The average molecular weight is 169 g/mol. The van der Waals surface area contributed by atoms with E-state index in [0.717, 1.165) is 6.29 Å². The third-order valence-corrected chi connectivity index (χ3v) is 1.26. The summed E-state index contributed by atoms with van der Waals surface area (Å²) in [6.45, 7) is 0. The van der Waals surface area contributed by atoms with E-state index in [9.17, 15) is 4.79 Å². The minimum absolute atomic E-state index is 0.610. The molecule has 0 saturated carbocycles. The van der Waals surface area contributed by atoms with E-state index in [4.69, 9.17) is 11.8 Å². The van der Waals surface area contributed by atoms with Gasteiger partial charge in [-0.15, -0.1) is 5.11 Å². The molecule has 56 valence electrons. The number of carbonyl (C=O) groups is 1. The van der Waals surface area contributed by atoms with E-state index in [-0.39, 0.29) is 0 Å². The normalized spacial score (nSPS) is 10.3. The van der Waals surface area contributed by atoms with E-state index in [1.807, 2.05) is 0 Å². The Morgan fingerprint density at radius 3 is 2.36 bits per heavy atom. The maximum absolute atomic E-state index is 10.2. The van der Waals surface area contributed by atoms with Crippen LogP contribution in [0, 0.1) is 0 Å². The highest BCUT2D eigenvalue weighted by Gasteiger charge is 1.89. The van der Waals surface area contributed by atoms with E-state index < -0.39 is 0 Å². The van der Waals surface area contributed by atoms with Crippen molar-refractivity contribution in [2.24, 2.45) is 9.75 Å². The molecule has 0 unspecified atom stereocenters. The molecule has 1 aromatic rings. The fourth-order valence-electron chi connectivity index (χ4n) is 0.663. The van der Waals surface area contributed by atoms with Crippen LogP contribution in [0.25, 0.3) is 0 Å². The van der Waals surface area contributed by atoms with E-state index in [1.54, 1.807) is 24.3 Å². The smallest absolute Gasteiger partial charge is 0.150 e. The first kappa shape index (κ1) is 7.88. The SMILES string of the molecule is O=Cc1ccc(N=NCl)cc1. The van der Waals surface area contributed by atoms with Crippen molar-refractivity contribution >= 4 is 23.8 Å². The van der Waals surface area contributed by atoms with Crippen molar-refractivity contribution in [2.75, 3.05) is 0 Å². The number of benzene rings is 1. The van der Waals surface area contributed by atoms with Crippen LogP contribution in [0.5, 0.6) is 0 Å². The van der Waals surface area contributed by atoms with E-state index >= 15 is 0 Å². The van der Waals surface area contributed by atoms with E-state index in [0.29, 0.717) is 11.3 Å². The van der Waals surface area contributed by atoms with Crippen LogP contribution in [0.4, 0.5) is 5.69 Å². The number of halogens is 1. The molecule has 1 aromatic carbocycles. The molecule has 3 nitrogen and oxygen atoms in total. The quantitative estimate of drug-likeness (QED) is 0.495. The van der Waals surface area contributed by atoms with Gasteiger partial charge < -0.3 is 0 Å². The highest BCUT2D eigenvalue weighted by atomic mass is 35.5. The fraction of sp³-hybridized carbons (Fsp3) is 0. The molecule has 0 aliphatic rings. The predicted octanol–water partition coefficient (Wildman–Crippen LogP) is 2.74. The summed E-state index contributed by atoms with van der Waals surface area (Å²) in [4.78, 5) is 10.2. The van der Waals surface area contributed by atoms with Gasteiger partial charge in [-0.05, 0) is 24.3 Å². The Kier molecular flexibility index (Phi) is 2.74. The van der Waals surface area contributed by atoms with Crippen molar-refractivity contribution in [3.8, 4) is 0 Å². The van der Waals surface area contributed by atoms with Crippen LogP contribution in [-0.4, -0.2) is 6.29 Å². The van der Waals surface area contributed by atoms with Gasteiger partial charge in [0.1, 0.15) is 6.29 Å². The molecular weight excluding hydrogens is 164 g/mol. The highest BCUT2D eigenvalue weighted by Crippen LogP contribution is 2.12. The van der Waals surface area contributed by atoms with Crippen molar-refractivity contribution in [2.45, 2.75) is 0 Å². The summed E-state index contributed by atoms with van der Waals surface area (Å²) in [7, 11) is 0. The second-order valence-corrected chi connectivity index (χ2v) is 2.04. The van der Waals surface area contributed by atoms with E-state index in [2.05, 4.69) is 9.75 Å². The van der Waals surface area contributed by atoms with Crippen LogP contribution in [0.2, 0.25) is 0 Å². The standard InChI is InChI=1S/C7H5ClN2O/c8-10-9-7-3-1-6(5-11)2-4-7/h1-5H. The molecule has 0 bridgehead atoms. The lowest BCUT2D eigenvalue weighted by atomic mass is 10.2. The number of carbonyl (C=O) groups excluding carboxylic acids is 1. The van der Waals surface area contributed by atoms with Crippen LogP contribution < -0.4 is 0 Å². The summed E-state index contributed by atoms with van der Waals surface area (Å²) >= 11 is 5.00. The van der Waals surface area contributed by atoms with Crippen molar-refractivity contribution in [1.82, 2.24) is 0 Å². The second-order valence-electron chi connectivity index (χ2n) is 1.88. The summed E-state index contributed by atoms with van der Waals surface area (Å²) in [6, 6.07) is 6.62. The number of rotatable bonds is 2. The van der Waals surface area contributed by atoms with Crippen LogP contribution in [0.1, 0.15) is 10.4 Å². The topological polar surface area (TPSA) is 41.8 Å². The molecule has 1 rings (SSSR count). The Hall–Kier alpha value is -1.22. The van der Waals surface area contributed by atoms with Gasteiger partial charge in [0.05, 0.1) is 17.5 Å². The Labute approximate surface area is 68.8 Å². The average Bonchev–Trinajstić information content (AvgIpc) is 2.07. The minimum atomic E-state index is 0.610. The zero-order valence-electron chi connectivity index (χ0n) is 5.57. The number of aldehydes is 1. The number of hydrogen-bond acceptors (Lipinski definition) is 3. The van der Waals surface area contributed by atoms with Gasteiger partial charge in [-0.2, -0.15) is 0 Å². The van der Waals surface area contributed by atoms with Gasteiger partial charge in [0.2, 0.25) is 0 Å². The summed E-state index contributed by atoms with van der Waals surface area (Å²) in [5, 5.41) is 3.56. The van der Waals surface area contributed by atoms with Crippen LogP contribution in [0.15, 0.2) is 34.0 Å². The van der Waals surface area contributed by atoms with Crippen molar-refractivity contribution in [1.29, 1.82) is 0 Å². The first-order chi connectivity index (χ1) is 5.36. The van der Waals surface area contributed by atoms with Crippen molar-refractivity contribution in [3.05, 3.63) is 29.8 Å². The maximum Gasteiger partial charge on any atom is 0.150 e. The summed E-state index contributed by atoms with van der Waals surface area (Å²) in [5.41, 5.74) is 1.24. The molecule has 0 aliphatic carbocycles. The zero-order chi connectivity index (χ0) is 8.10. The summed E-state index contributed by atoms with van der Waals surface area (Å²) in [6.07, 6.45) is 0.765. The van der Waals surface area contributed by atoms with Crippen LogP contribution in [0.3, 0.4) is 0 Å². The van der Waals surface area contributed by atoms with Crippen LogP contribution >= 0.6 is 11.8 Å². The molecule has 0 aromatic heterocycles. The predicted molar refractivity (Wildman–Crippen MR) is 42.2 cm³/mol. The van der Waals surface area contributed by atoms with Crippen molar-refractivity contribution < 1.29 is 4.79 Å². The van der Waals surface area contributed by atoms with Gasteiger partial charge >= 0.3 is 0 Å². The van der Waals surface area contributed by atoms with Crippen LogP contribution in [-0.2, 0) is 0 Å². The largest absolute Gasteiger partial charge is 0.298 e. The fourth-order valence-corrected chi connectivity index (χ4v) is 0.750. The maximum atomic E-state index is 10.2. The molecule has 0 spiro atoms. The molecule has 0 radical (unpaired) electrons. The molecule has 0 saturated heterocycles. The van der Waals surface area contributed by atoms with Gasteiger partial charge in [0, 0.05) is 5.56 Å². The zero-order valence-corrected chi connectivity index (χ0v) is 6.32. The minimum Gasteiger partial charge on any atom is -0.298 e. The molecule has 0 amide bonds. The van der Waals surface area contributed by atoms with Crippen molar-refractivity contribution in [3.63, 3.8) is 0 Å². The monoisotopic (exact) mass is 168 g/mol.